The summed E-state index contributed by atoms with van der Waals surface area (Å²) >= 11 is 11.9. The first-order chi connectivity index (χ1) is 10.3. The zero-order valence-electron chi connectivity index (χ0n) is 12.1. The Bertz CT molecular complexity index is 712. The van der Waals surface area contributed by atoms with Crippen LogP contribution in [0.4, 0.5) is 0 Å². The van der Waals surface area contributed by atoms with Crippen molar-refractivity contribution in [3.8, 4) is 11.5 Å². The fraction of sp³-hybridized carbons (Fsp3) is 0.400. The van der Waals surface area contributed by atoms with E-state index in [4.69, 9.17) is 32.5 Å². The lowest BCUT2D eigenvalue weighted by molar-refractivity contribution is -0.151. The van der Waals surface area contributed by atoms with E-state index in [1.54, 1.807) is 6.92 Å². The number of rotatable bonds is 4. The highest BCUT2D eigenvalue weighted by Gasteiger charge is 2.69. The van der Waals surface area contributed by atoms with Gasteiger partial charge in [-0.1, -0.05) is 22.9 Å². The van der Waals surface area contributed by atoms with Crippen molar-refractivity contribution in [2.24, 2.45) is 5.41 Å². The molecule has 1 aromatic heterocycles. The Morgan fingerprint density at radius 3 is 2.59 bits per heavy atom. The van der Waals surface area contributed by atoms with Gasteiger partial charge in [0.05, 0.1) is 0 Å². The van der Waals surface area contributed by atoms with Gasteiger partial charge in [0.15, 0.2) is 6.61 Å². The molecule has 5 nitrogen and oxygen atoms in total. The number of halogens is 2. The molecule has 3 rings (SSSR count). The van der Waals surface area contributed by atoms with Crippen molar-refractivity contribution in [2.75, 3.05) is 0 Å². The summed E-state index contributed by atoms with van der Waals surface area (Å²) in [6.45, 7) is 3.59. The van der Waals surface area contributed by atoms with Crippen molar-refractivity contribution < 1.29 is 14.1 Å². The summed E-state index contributed by atoms with van der Waals surface area (Å²) in [5.41, 5.74) is 1.09. The van der Waals surface area contributed by atoms with Crippen LogP contribution in [0.3, 0.4) is 0 Å². The van der Waals surface area contributed by atoms with E-state index in [2.05, 4.69) is 10.1 Å². The number of esters is 1. The van der Waals surface area contributed by atoms with Gasteiger partial charge in [0, 0.05) is 12.0 Å². The molecule has 1 aromatic carbocycles. The van der Waals surface area contributed by atoms with E-state index >= 15 is 0 Å². The Kier molecular flexibility index (Phi) is 3.65. The van der Waals surface area contributed by atoms with Gasteiger partial charge in [-0.25, -0.2) is 0 Å². The van der Waals surface area contributed by atoms with Crippen LogP contribution in [0, 0.1) is 12.3 Å². The van der Waals surface area contributed by atoms with Gasteiger partial charge in [-0.05, 0) is 26.0 Å². The number of aromatic nitrogens is 2. The summed E-state index contributed by atoms with van der Waals surface area (Å²) in [5, 5.41) is 3.80. The van der Waals surface area contributed by atoms with Crippen molar-refractivity contribution >= 4 is 29.2 Å². The van der Waals surface area contributed by atoms with Gasteiger partial charge in [0.25, 0.3) is 5.89 Å². The van der Waals surface area contributed by atoms with Gasteiger partial charge in [-0.3, -0.25) is 4.79 Å². The Morgan fingerprint density at radius 2 is 2.00 bits per heavy atom. The van der Waals surface area contributed by atoms with E-state index in [9.17, 15) is 4.79 Å². The van der Waals surface area contributed by atoms with Crippen LogP contribution < -0.4 is 0 Å². The van der Waals surface area contributed by atoms with Gasteiger partial charge in [-0.15, -0.1) is 23.2 Å². The quantitative estimate of drug-likeness (QED) is 0.627. The van der Waals surface area contributed by atoms with E-state index in [1.807, 2.05) is 31.2 Å². The van der Waals surface area contributed by atoms with Gasteiger partial charge >= 0.3 is 5.97 Å². The normalized spacial score (nSPS) is 22.4. The molecule has 1 atom stereocenters. The molecule has 7 heteroatoms. The van der Waals surface area contributed by atoms with Crippen LogP contribution in [0.1, 0.15) is 24.7 Å². The molecule has 1 aliphatic rings. The first-order valence-corrected chi connectivity index (χ1v) is 7.52. The predicted molar refractivity (Wildman–Crippen MR) is 81.4 cm³/mol. The number of ether oxygens (including phenoxy) is 1. The molecule has 0 spiro atoms. The maximum absolute atomic E-state index is 12.0. The van der Waals surface area contributed by atoms with Crippen LogP contribution in [0.2, 0.25) is 0 Å². The topological polar surface area (TPSA) is 65.2 Å². The SMILES string of the molecule is Cc1ccc(-c2nc(COC(=O)[C@]3(C)CC3(Cl)Cl)no2)cc1. The minimum Gasteiger partial charge on any atom is -0.457 e. The number of nitrogens with zero attached hydrogens (tertiary/aromatic N) is 2. The fourth-order valence-electron chi connectivity index (χ4n) is 2.04. The zero-order valence-corrected chi connectivity index (χ0v) is 13.6. The molecule has 0 unspecified atom stereocenters. The summed E-state index contributed by atoms with van der Waals surface area (Å²) in [4.78, 5) is 16.2. The molecule has 116 valence electrons. The minimum atomic E-state index is -1.05. The highest BCUT2D eigenvalue weighted by molar-refractivity contribution is 6.53. The molecule has 1 saturated carbocycles. The third kappa shape index (κ3) is 2.71. The Hall–Kier alpha value is -1.59. The number of hydrogen-bond acceptors (Lipinski definition) is 5. The second kappa shape index (κ2) is 5.25. The smallest absolute Gasteiger partial charge is 0.315 e. The van der Waals surface area contributed by atoms with Crippen LogP contribution in [0.5, 0.6) is 0 Å². The minimum absolute atomic E-state index is 0.0758. The van der Waals surface area contributed by atoms with E-state index < -0.39 is 15.7 Å². The van der Waals surface area contributed by atoms with Crippen LogP contribution in [-0.2, 0) is 16.1 Å². The second-order valence-electron chi connectivity index (χ2n) is 5.67. The van der Waals surface area contributed by atoms with E-state index in [1.165, 1.54) is 0 Å². The van der Waals surface area contributed by atoms with Crippen molar-refractivity contribution in [1.82, 2.24) is 10.1 Å². The molecule has 0 saturated heterocycles. The number of alkyl halides is 2. The summed E-state index contributed by atoms with van der Waals surface area (Å²) in [5.74, 6) is 0.217. The first-order valence-electron chi connectivity index (χ1n) is 6.76. The summed E-state index contributed by atoms with van der Waals surface area (Å²) in [6.07, 6.45) is 0.378. The van der Waals surface area contributed by atoms with Crippen molar-refractivity contribution in [3.63, 3.8) is 0 Å². The molecule has 1 aliphatic carbocycles. The first kappa shape index (κ1) is 15.3. The third-order valence-corrected chi connectivity index (χ3v) is 4.91. The van der Waals surface area contributed by atoms with Crippen molar-refractivity contribution in [1.29, 1.82) is 0 Å². The Morgan fingerprint density at radius 1 is 1.36 bits per heavy atom. The highest BCUT2D eigenvalue weighted by Crippen LogP contribution is 2.64. The lowest BCUT2D eigenvalue weighted by Gasteiger charge is -2.10. The molecular weight excluding hydrogens is 327 g/mol. The monoisotopic (exact) mass is 340 g/mol. The molecular formula is C15H14Cl2N2O3. The van der Waals surface area contributed by atoms with Gasteiger partial charge in [-0.2, -0.15) is 4.98 Å². The molecule has 1 fully saturated rings. The molecule has 22 heavy (non-hydrogen) atoms. The Labute approximate surface area is 137 Å². The summed E-state index contributed by atoms with van der Waals surface area (Å²) in [7, 11) is 0. The molecule has 0 aliphatic heterocycles. The molecule has 0 amide bonds. The standard InChI is InChI=1S/C15H14Cl2N2O3/c1-9-3-5-10(6-4-9)12-18-11(19-22-12)7-21-13(20)14(2)8-15(14,16)17/h3-6H,7-8H2,1-2H3/t14-/m0/s1. The lowest BCUT2D eigenvalue weighted by Crippen LogP contribution is -2.21. The number of aryl methyl sites for hydroxylation is 1. The van der Waals surface area contributed by atoms with Gasteiger partial charge in [0.1, 0.15) is 9.75 Å². The van der Waals surface area contributed by atoms with Gasteiger partial charge in [0.2, 0.25) is 5.82 Å². The predicted octanol–water partition coefficient (Wildman–Crippen LogP) is 3.67. The maximum Gasteiger partial charge on any atom is 0.315 e. The maximum atomic E-state index is 12.0. The van der Waals surface area contributed by atoms with Crippen LogP contribution in [0.25, 0.3) is 11.5 Å². The summed E-state index contributed by atoms with van der Waals surface area (Å²) < 4.78 is 9.28. The number of benzene rings is 1. The average molecular weight is 341 g/mol. The number of carbonyl (C=O) groups excluding carboxylic acids is 1. The van der Waals surface area contributed by atoms with Crippen LogP contribution in [-0.4, -0.2) is 20.4 Å². The summed E-state index contributed by atoms with van der Waals surface area (Å²) in [6, 6.07) is 7.68. The van der Waals surface area contributed by atoms with E-state index in [0.29, 0.717) is 18.1 Å². The third-order valence-electron chi connectivity index (χ3n) is 3.81. The van der Waals surface area contributed by atoms with Crippen molar-refractivity contribution in [3.05, 3.63) is 35.7 Å². The van der Waals surface area contributed by atoms with E-state index in [0.717, 1.165) is 11.1 Å². The molecule has 1 heterocycles. The van der Waals surface area contributed by atoms with Crippen molar-refractivity contribution in [2.45, 2.75) is 31.2 Å². The van der Waals surface area contributed by atoms with Gasteiger partial charge < -0.3 is 9.26 Å². The Balaban J connectivity index is 1.63. The molecule has 2 aromatic rings. The number of carbonyl (C=O) groups is 1. The number of hydrogen-bond donors (Lipinski definition) is 0. The second-order valence-corrected chi connectivity index (χ2v) is 7.16. The van der Waals surface area contributed by atoms with Crippen LogP contribution in [0.15, 0.2) is 28.8 Å². The highest BCUT2D eigenvalue weighted by atomic mass is 35.5. The average Bonchev–Trinajstić information content (AvgIpc) is 2.84. The van der Waals surface area contributed by atoms with E-state index in [-0.39, 0.29) is 6.61 Å². The molecule has 0 N–H and O–H groups in total. The van der Waals surface area contributed by atoms with Crippen LogP contribution >= 0.6 is 23.2 Å². The molecule has 0 radical (unpaired) electrons. The lowest BCUT2D eigenvalue weighted by atomic mass is 10.1. The molecule has 0 bridgehead atoms. The zero-order chi connectivity index (χ0) is 16.0. The fourth-order valence-corrected chi connectivity index (χ4v) is 2.73. The largest absolute Gasteiger partial charge is 0.457 e.